The van der Waals surface area contributed by atoms with Gasteiger partial charge in [-0.15, -0.1) is 0 Å². The fourth-order valence-corrected chi connectivity index (χ4v) is 3.71. The molecule has 0 fully saturated rings. The second kappa shape index (κ2) is 10.6. The summed E-state index contributed by atoms with van der Waals surface area (Å²) >= 11 is 12.4. The summed E-state index contributed by atoms with van der Waals surface area (Å²) in [5, 5.41) is 9.70. The maximum Gasteiger partial charge on any atom is 0.335 e. The number of nitrogens with one attached hydrogen (secondary N) is 1. The molecule has 4 rings (SSSR count). The van der Waals surface area contributed by atoms with E-state index in [-0.39, 0.29) is 29.1 Å². The zero-order valence-electron chi connectivity index (χ0n) is 19.3. The van der Waals surface area contributed by atoms with Crippen LogP contribution in [-0.4, -0.2) is 19.1 Å². The van der Waals surface area contributed by atoms with E-state index in [4.69, 9.17) is 33.2 Å². The van der Waals surface area contributed by atoms with Gasteiger partial charge in [0, 0.05) is 23.3 Å². The average Bonchev–Trinajstić information content (AvgIpc) is 2.84. The van der Waals surface area contributed by atoms with Crippen molar-refractivity contribution in [3.8, 4) is 17.7 Å². The third kappa shape index (κ3) is 5.57. The van der Waals surface area contributed by atoms with Gasteiger partial charge in [0.05, 0.1) is 22.8 Å². The van der Waals surface area contributed by atoms with E-state index in [1.807, 2.05) is 6.07 Å². The number of ether oxygens (including phenoxy) is 1. The highest BCUT2D eigenvalue weighted by Crippen LogP contribution is 2.31. The molecule has 4 aromatic rings. The largest absolute Gasteiger partial charge is 0.437 e. The Kier molecular flexibility index (Phi) is 7.38. The lowest BCUT2D eigenvalue weighted by Crippen LogP contribution is -2.50. The van der Waals surface area contributed by atoms with Crippen LogP contribution in [0.5, 0.6) is 11.6 Å². The molecule has 0 saturated heterocycles. The van der Waals surface area contributed by atoms with Crippen molar-refractivity contribution in [2.45, 2.75) is 26.4 Å². The summed E-state index contributed by atoms with van der Waals surface area (Å²) in [6.07, 6.45) is 1.39. The number of nitrogens with zero attached hydrogens (tertiary/aromatic N) is 5. The molecule has 0 radical (unpaired) electrons. The highest BCUT2D eigenvalue weighted by atomic mass is 35.5. The van der Waals surface area contributed by atoms with E-state index in [0.717, 1.165) is 10.1 Å². The van der Waals surface area contributed by atoms with E-state index < -0.39 is 11.4 Å². The molecule has 0 unspecified atom stereocenters. The van der Waals surface area contributed by atoms with Gasteiger partial charge >= 0.3 is 11.4 Å². The summed E-state index contributed by atoms with van der Waals surface area (Å²) in [5.41, 5.74) is 0.594. The average molecular weight is 523 g/mol. The highest BCUT2D eigenvalue weighted by Gasteiger charge is 2.13. The van der Waals surface area contributed by atoms with Crippen LogP contribution >= 0.6 is 23.2 Å². The second-order valence-corrected chi connectivity index (χ2v) is 8.88. The molecule has 0 atom stereocenters. The van der Waals surface area contributed by atoms with Crippen LogP contribution < -0.4 is 21.7 Å². The number of hydrogen-bond acceptors (Lipinski definition) is 6. The summed E-state index contributed by atoms with van der Waals surface area (Å²) in [6, 6.07) is 16.6. The molecule has 2 aromatic carbocycles. The highest BCUT2D eigenvalue weighted by molar-refractivity contribution is 6.32. The van der Waals surface area contributed by atoms with Crippen LogP contribution in [0.2, 0.25) is 10.0 Å². The van der Waals surface area contributed by atoms with Crippen molar-refractivity contribution in [3.63, 3.8) is 0 Å². The third-order valence-corrected chi connectivity index (χ3v) is 5.68. The number of benzene rings is 2. The molecular weight excluding hydrogens is 503 g/mol. The van der Waals surface area contributed by atoms with Crippen LogP contribution in [0.25, 0.3) is 0 Å². The minimum Gasteiger partial charge on any atom is -0.437 e. The molecule has 0 bridgehead atoms. The minimum atomic E-state index is -0.570. The lowest BCUT2D eigenvalue weighted by molar-refractivity contribution is 0.463. The van der Waals surface area contributed by atoms with Gasteiger partial charge in [0.1, 0.15) is 11.8 Å². The number of nitriles is 1. The van der Waals surface area contributed by atoms with Crippen LogP contribution in [0.3, 0.4) is 0 Å². The van der Waals surface area contributed by atoms with Crippen molar-refractivity contribution in [2.24, 2.45) is 4.99 Å². The Labute approximate surface area is 215 Å². The molecule has 2 heterocycles. The summed E-state index contributed by atoms with van der Waals surface area (Å²) in [5.74, 6) is 0.591. The van der Waals surface area contributed by atoms with Crippen molar-refractivity contribution in [3.05, 3.63) is 109 Å². The number of aromatic nitrogens is 4. The van der Waals surface area contributed by atoms with Gasteiger partial charge < -0.3 is 4.74 Å². The van der Waals surface area contributed by atoms with Crippen LogP contribution in [-0.2, 0) is 6.54 Å². The lowest BCUT2D eigenvalue weighted by Gasteiger charge is -2.13. The van der Waals surface area contributed by atoms with Gasteiger partial charge in [-0.2, -0.15) is 5.26 Å². The van der Waals surface area contributed by atoms with Gasteiger partial charge in [0.2, 0.25) is 11.5 Å². The molecule has 0 aliphatic carbocycles. The Morgan fingerprint density at radius 3 is 2.47 bits per heavy atom. The molecule has 0 aliphatic rings. The molecule has 36 heavy (non-hydrogen) atoms. The van der Waals surface area contributed by atoms with E-state index >= 15 is 0 Å². The minimum absolute atomic E-state index is 0.0651. The first-order valence-electron chi connectivity index (χ1n) is 10.8. The van der Waals surface area contributed by atoms with Crippen LogP contribution in [0.15, 0.2) is 75.4 Å². The summed E-state index contributed by atoms with van der Waals surface area (Å²) in [4.78, 5) is 37.1. The van der Waals surface area contributed by atoms with E-state index in [0.29, 0.717) is 22.0 Å². The van der Waals surface area contributed by atoms with Gasteiger partial charge in [0.25, 0.3) is 0 Å². The first kappa shape index (κ1) is 25.0. The van der Waals surface area contributed by atoms with Crippen molar-refractivity contribution >= 4 is 28.9 Å². The molecule has 0 amide bonds. The van der Waals surface area contributed by atoms with Gasteiger partial charge in [0.15, 0.2) is 0 Å². The predicted molar refractivity (Wildman–Crippen MR) is 136 cm³/mol. The molecule has 0 spiro atoms. The Bertz CT molecular complexity index is 1630. The molecule has 0 saturated carbocycles. The molecule has 182 valence electrons. The number of pyridine rings is 1. The Morgan fingerprint density at radius 1 is 1.11 bits per heavy atom. The van der Waals surface area contributed by atoms with E-state index in [1.54, 1.807) is 68.4 Å². The number of rotatable bonds is 6. The Hall–Kier alpha value is -4.13. The van der Waals surface area contributed by atoms with Crippen molar-refractivity contribution in [1.82, 2.24) is 19.1 Å². The lowest BCUT2D eigenvalue weighted by atomic mass is 10.2. The smallest absolute Gasteiger partial charge is 0.335 e. The van der Waals surface area contributed by atoms with E-state index in [2.05, 4.69) is 15.0 Å². The van der Waals surface area contributed by atoms with Gasteiger partial charge in [-0.1, -0.05) is 35.3 Å². The molecule has 1 N–H and O–H groups in total. The standard InChI is InChI=1S/C25H20Cl2N6O3/c1-15(2)33-24(34)31-23(32(25(33)35)14-16-3-6-18(26)7-4-16)30-19-8-9-21(20(27)11-19)36-22-10-5-17(12-28)13-29-22/h3-11,13,15H,14H2,1-2H3,(H,30,31,34). The van der Waals surface area contributed by atoms with Gasteiger partial charge in [-0.25, -0.2) is 24.1 Å². The summed E-state index contributed by atoms with van der Waals surface area (Å²) < 4.78 is 8.19. The first-order valence-corrected chi connectivity index (χ1v) is 11.6. The van der Waals surface area contributed by atoms with Crippen LogP contribution in [0.4, 0.5) is 5.69 Å². The fraction of sp³-hybridized carbons (Fsp3) is 0.160. The molecular formula is C25H20Cl2N6O3. The zero-order valence-corrected chi connectivity index (χ0v) is 20.8. The van der Waals surface area contributed by atoms with E-state index in [1.165, 1.54) is 10.8 Å². The number of aromatic amines is 1. The molecule has 2 aromatic heterocycles. The van der Waals surface area contributed by atoms with Crippen molar-refractivity contribution in [2.75, 3.05) is 0 Å². The zero-order chi connectivity index (χ0) is 25.8. The van der Waals surface area contributed by atoms with Crippen LogP contribution in [0.1, 0.15) is 31.0 Å². The van der Waals surface area contributed by atoms with Crippen molar-refractivity contribution in [1.29, 1.82) is 5.26 Å². The number of halogens is 2. The van der Waals surface area contributed by atoms with Gasteiger partial charge in [-0.3, -0.25) is 9.55 Å². The fourth-order valence-electron chi connectivity index (χ4n) is 3.37. The normalized spacial score (nSPS) is 11.5. The molecule has 11 heteroatoms. The predicted octanol–water partition coefficient (Wildman–Crippen LogP) is 4.57. The SMILES string of the molecule is CC(C)n1c(=O)[nH]/c(=N\c2ccc(Oc3ccc(C#N)cn3)c(Cl)c2)n(Cc2ccc(Cl)cc2)c1=O. The second-order valence-electron chi connectivity index (χ2n) is 8.04. The van der Waals surface area contributed by atoms with Gasteiger partial charge in [-0.05, 0) is 55.8 Å². The third-order valence-electron chi connectivity index (χ3n) is 5.13. The van der Waals surface area contributed by atoms with Crippen LogP contribution in [0, 0.1) is 11.3 Å². The number of H-pyrrole nitrogens is 1. The molecule has 9 nitrogen and oxygen atoms in total. The van der Waals surface area contributed by atoms with E-state index in [9.17, 15) is 9.59 Å². The maximum atomic E-state index is 13.2. The number of hydrogen-bond donors (Lipinski definition) is 1. The maximum absolute atomic E-state index is 13.2. The summed E-state index contributed by atoms with van der Waals surface area (Å²) in [7, 11) is 0. The van der Waals surface area contributed by atoms with Crippen molar-refractivity contribution < 1.29 is 4.74 Å². The Morgan fingerprint density at radius 2 is 1.86 bits per heavy atom. The molecule has 0 aliphatic heterocycles. The Balaban J connectivity index is 1.75. The summed E-state index contributed by atoms with van der Waals surface area (Å²) in [6.45, 7) is 3.67. The monoisotopic (exact) mass is 522 g/mol. The quantitative estimate of drug-likeness (QED) is 0.398. The topological polar surface area (TPSA) is 118 Å². The first-order chi connectivity index (χ1) is 17.2.